The SMILES string of the molecule is FC(F)(F)n1c(-c2cscn2)nc2ccccc21. The lowest BCUT2D eigenvalue weighted by Crippen LogP contribution is -2.17. The van der Waals surface area contributed by atoms with E-state index >= 15 is 0 Å². The summed E-state index contributed by atoms with van der Waals surface area (Å²) in [5.41, 5.74) is 2.05. The zero-order valence-corrected chi connectivity index (χ0v) is 9.66. The minimum absolute atomic E-state index is 0.0352. The van der Waals surface area contributed by atoms with E-state index in [0.717, 1.165) is 0 Å². The molecule has 0 aliphatic heterocycles. The molecule has 0 spiro atoms. The standard InChI is InChI=1S/C11H6F3N3S/c12-11(13,14)17-9-4-2-1-3-7(9)16-10(17)8-5-18-6-15-8/h1-6H. The Hall–Kier alpha value is -1.89. The highest BCUT2D eigenvalue weighted by atomic mass is 32.1. The molecule has 18 heavy (non-hydrogen) atoms. The summed E-state index contributed by atoms with van der Waals surface area (Å²) < 4.78 is 39.6. The van der Waals surface area contributed by atoms with E-state index in [9.17, 15) is 13.2 Å². The van der Waals surface area contributed by atoms with Gasteiger partial charge in [0.15, 0.2) is 5.82 Å². The molecule has 0 N–H and O–H groups in total. The molecule has 1 aromatic carbocycles. The third-order valence-electron chi connectivity index (χ3n) is 2.48. The number of aromatic nitrogens is 3. The number of para-hydroxylation sites is 2. The lowest BCUT2D eigenvalue weighted by molar-refractivity contribution is -0.199. The minimum atomic E-state index is -4.52. The highest BCUT2D eigenvalue weighted by molar-refractivity contribution is 7.07. The lowest BCUT2D eigenvalue weighted by Gasteiger charge is -2.11. The van der Waals surface area contributed by atoms with Crippen LogP contribution < -0.4 is 0 Å². The van der Waals surface area contributed by atoms with E-state index in [1.165, 1.54) is 22.9 Å². The van der Waals surface area contributed by atoms with Crippen molar-refractivity contribution in [3.63, 3.8) is 0 Å². The van der Waals surface area contributed by atoms with Crippen LogP contribution in [0, 0.1) is 0 Å². The van der Waals surface area contributed by atoms with Crippen molar-refractivity contribution in [1.82, 2.24) is 14.5 Å². The van der Waals surface area contributed by atoms with Gasteiger partial charge in [0.1, 0.15) is 5.69 Å². The maximum absolute atomic E-state index is 13.1. The van der Waals surface area contributed by atoms with Crippen LogP contribution in [0.3, 0.4) is 0 Å². The summed E-state index contributed by atoms with van der Waals surface area (Å²) in [7, 11) is 0. The number of benzene rings is 1. The second kappa shape index (κ2) is 3.81. The Morgan fingerprint density at radius 2 is 1.94 bits per heavy atom. The summed E-state index contributed by atoms with van der Waals surface area (Å²) in [5.74, 6) is -0.176. The van der Waals surface area contributed by atoms with Crippen molar-refractivity contribution >= 4 is 22.4 Å². The Kier molecular flexibility index (Phi) is 2.37. The van der Waals surface area contributed by atoms with Gasteiger partial charge < -0.3 is 0 Å². The third-order valence-corrected chi connectivity index (χ3v) is 3.06. The summed E-state index contributed by atoms with van der Waals surface area (Å²) >= 11 is 1.23. The van der Waals surface area contributed by atoms with Crippen LogP contribution in [0.5, 0.6) is 0 Å². The molecule has 0 aliphatic carbocycles. The van der Waals surface area contributed by atoms with Gasteiger partial charge in [0.25, 0.3) is 0 Å². The third kappa shape index (κ3) is 1.67. The average molecular weight is 269 g/mol. The molecule has 0 bridgehead atoms. The van der Waals surface area contributed by atoms with E-state index in [2.05, 4.69) is 9.97 Å². The highest BCUT2D eigenvalue weighted by Gasteiger charge is 2.36. The molecule has 0 unspecified atom stereocenters. The van der Waals surface area contributed by atoms with Gasteiger partial charge in [0.2, 0.25) is 0 Å². The molecule has 0 amide bonds. The molecular weight excluding hydrogens is 263 g/mol. The number of hydrogen-bond acceptors (Lipinski definition) is 3. The molecule has 0 saturated heterocycles. The normalized spacial score (nSPS) is 12.2. The molecule has 2 aromatic heterocycles. The Bertz CT molecular complexity index is 685. The fraction of sp³-hybridized carbons (Fsp3) is 0.0909. The average Bonchev–Trinajstić information content (AvgIpc) is 2.94. The number of imidazole rings is 1. The molecule has 3 nitrogen and oxygen atoms in total. The van der Waals surface area contributed by atoms with Crippen LogP contribution in [-0.4, -0.2) is 14.5 Å². The quantitative estimate of drug-likeness (QED) is 0.675. The highest BCUT2D eigenvalue weighted by Crippen LogP contribution is 2.34. The monoisotopic (exact) mass is 269 g/mol. The van der Waals surface area contributed by atoms with Gasteiger partial charge in [0.05, 0.1) is 16.5 Å². The first-order chi connectivity index (χ1) is 8.57. The summed E-state index contributed by atoms with van der Waals surface area (Å²) in [4.78, 5) is 7.90. The first-order valence-corrected chi connectivity index (χ1v) is 5.95. The Labute approximate surface area is 104 Å². The van der Waals surface area contributed by atoms with Gasteiger partial charge in [-0.15, -0.1) is 24.5 Å². The van der Waals surface area contributed by atoms with E-state index < -0.39 is 6.30 Å². The van der Waals surface area contributed by atoms with Crippen molar-refractivity contribution in [3.8, 4) is 11.5 Å². The largest absolute Gasteiger partial charge is 0.490 e. The minimum Gasteiger partial charge on any atom is -0.241 e. The predicted octanol–water partition coefficient (Wildman–Crippen LogP) is 3.64. The van der Waals surface area contributed by atoms with E-state index in [4.69, 9.17) is 0 Å². The van der Waals surface area contributed by atoms with Crippen LogP contribution in [0.2, 0.25) is 0 Å². The van der Waals surface area contributed by atoms with E-state index in [-0.39, 0.29) is 21.6 Å². The molecule has 92 valence electrons. The molecule has 0 fully saturated rings. The van der Waals surface area contributed by atoms with Gasteiger partial charge in [-0.3, -0.25) is 0 Å². The molecule has 0 saturated carbocycles. The van der Waals surface area contributed by atoms with Gasteiger partial charge in [0, 0.05) is 5.38 Å². The predicted molar refractivity (Wildman–Crippen MR) is 62.1 cm³/mol. The number of rotatable bonds is 1. The van der Waals surface area contributed by atoms with E-state index in [1.54, 1.807) is 23.6 Å². The second-order valence-corrected chi connectivity index (χ2v) is 4.32. The molecule has 0 atom stereocenters. The van der Waals surface area contributed by atoms with Crippen molar-refractivity contribution in [1.29, 1.82) is 0 Å². The number of nitrogens with zero attached hydrogens (tertiary/aromatic N) is 3. The topological polar surface area (TPSA) is 30.7 Å². The molecule has 3 rings (SSSR count). The van der Waals surface area contributed by atoms with Crippen LogP contribution in [0.4, 0.5) is 13.2 Å². The fourth-order valence-corrected chi connectivity index (χ4v) is 2.31. The van der Waals surface area contributed by atoms with Crippen molar-refractivity contribution in [3.05, 3.63) is 35.2 Å². The number of hydrogen-bond donors (Lipinski definition) is 0. The Morgan fingerprint density at radius 3 is 2.61 bits per heavy atom. The van der Waals surface area contributed by atoms with Crippen molar-refractivity contribution in [2.24, 2.45) is 0 Å². The second-order valence-electron chi connectivity index (χ2n) is 3.60. The number of thiazole rings is 1. The van der Waals surface area contributed by atoms with E-state index in [1.807, 2.05) is 0 Å². The molecule has 3 aromatic rings. The van der Waals surface area contributed by atoms with Crippen molar-refractivity contribution < 1.29 is 13.2 Å². The van der Waals surface area contributed by atoms with Gasteiger partial charge in [-0.1, -0.05) is 12.1 Å². The summed E-state index contributed by atoms with van der Waals surface area (Å²) in [5, 5.41) is 1.55. The molecule has 0 radical (unpaired) electrons. The van der Waals surface area contributed by atoms with Crippen LogP contribution in [0.15, 0.2) is 35.2 Å². The summed E-state index contributed by atoms with van der Waals surface area (Å²) in [6.45, 7) is 0. The van der Waals surface area contributed by atoms with Crippen molar-refractivity contribution in [2.45, 2.75) is 6.30 Å². The van der Waals surface area contributed by atoms with Gasteiger partial charge in [-0.2, -0.15) is 0 Å². The number of fused-ring (bicyclic) bond motifs is 1. The van der Waals surface area contributed by atoms with E-state index in [0.29, 0.717) is 5.52 Å². The molecular formula is C11H6F3N3S. The maximum atomic E-state index is 13.1. The number of halogens is 3. The molecule has 2 heterocycles. The van der Waals surface area contributed by atoms with Gasteiger partial charge in [-0.05, 0) is 12.1 Å². The molecule has 7 heteroatoms. The van der Waals surface area contributed by atoms with Crippen LogP contribution in [0.25, 0.3) is 22.6 Å². The molecule has 0 aliphatic rings. The smallest absolute Gasteiger partial charge is 0.241 e. The Morgan fingerprint density at radius 1 is 1.17 bits per heavy atom. The van der Waals surface area contributed by atoms with Crippen LogP contribution in [0.1, 0.15) is 0 Å². The van der Waals surface area contributed by atoms with Gasteiger partial charge >= 0.3 is 6.30 Å². The van der Waals surface area contributed by atoms with Gasteiger partial charge in [-0.25, -0.2) is 14.5 Å². The zero-order chi connectivity index (χ0) is 12.8. The summed E-state index contributed by atoms with van der Waals surface area (Å²) in [6.07, 6.45) is -4.52. The van der Waals surface area contributed by atoms with Crippen LogP contribution in [-0.2, 0) is 6.30 Å². The number of alkyl halides is 3. The lowest BCUT2D eigenvalue weighted by atomic mass is 10.3. The zero-order valence-electron chi connectivity index (χ0n) is 8.85. The van der Waals surface area contributed by atoms with Crippen LogP contribution >= 0.6 is 11.3 Å². The first-order valence-electron chi connectivity index (χ1n) is 5.00. The fourth-order valence-electron chi connectivity index (χ4n) is 1.78. The Balaban J connectivity index is 2.38. The summed E-state index contributed by atoms with van der Waals surface area (Å²) in [6, 6.07) is 6.15. The van der Waals surface area contributed by atoms with Crippen molar-refractivity contribution in [2.75, 3.05) is 0 Å². The first kappa shape index (κ1) is 11.2. The maximum Gasteiger partial charge on any atom is 0.490 e.